The van der Waals surface area contributed by atoms with Crippen molar-refractivity contribution < 1.29 is 80.2 Å². The summed E-state index contributed by atoms with van der Waals surface area (Å²) in [5.41, 5.74) is 0. The largest absolute Gasteiger partial charge is 0.472 e. The van der Waals surface area contributed by atoms with Gasteiger partial charge in [-0.25, -0.2) is 9.13 Å². The first-order valence-electron chi connectivity index (χ1n) is 44.9. The Morgan fingerprint density at radius 1 is 0.274 bits per heavy atom. The fraction of sp³-hybridized carbons (Fsp3) is 0.954. The molecule has 0 heterocycles. The molecule has 0 aliphatic carbocycles. The molecule has 0 aromatic carbocycles. The van der Waals surface area contributed by atoms with Crippen LogP contribution in [0, 0.1) is 17.8 Å². The zero-order valence-electron chi connectivity index (χ0n) is 69.9. The maximum Gasteiger partial charge on any atom is 0.472 e. The van der Waals surface area contributed by atoms with Crippen LogP contribution in [0.3, 0.4) is 0 Å². The zero-order chi connectivity index (χ0) is 77.9. The van der Waals surface area contributed by atoms with Crippen LogP contribution in [0.15, 0.2) is 0 Å². The lowest BCUT2D eigenvalue weighted by Gasteiger charge is -2.21. The van der Waals surface area contributed by atoms with Gasteiger partial charge in [0.1, 0.15) is 19.3 Å². The highest BCUT2D eigenvalue weighted by Gasteiger charge is 2.31. The Bertz CT molecular complexity index is 2050. The van der Waals surface area contributed by atoms with Crippen LogP contribution < -0.4 is 0 Å². The first-order chi connectivity index (χ1) is 51.3. The Morgan fingerprint density at radius 2 is 0.481 bits per heavy atom. The SMILES string of the molecule is CCCCCCCCCCCCCCCCCCCCC(=O)OC[C@H](COP(=O)(O)OC[C@@H](O)COP(=O)(O)OC[C@@H](COC(=O)CCCCCCCCC(C)C)OC(=O)CCCCCCCCCCCCCCCCC(C)C)OC(=O)CCCCCCCCCCCCCCCCCCCCC(C)CC. The lowest BCUT2D eigenvalue weighted by Crippen LogP contribution is -2.30. The zero-order valence-corrected chi connectivity index (χ0v) is 71.7. The van der Waals surface area contributed by atoms with Gasteiger partial charge in [-0.1, -0.05) is 408 Å². The fourth-order valence-electron chi connectivity index (χ4n) is 13.5. The first kappa shape index (κ1) is 104. The summed E-state index contributed by atoms with van der Waals surface area (Å²) in [7, 11) is -9.93. The molecule has 0 aromatic heterocycles. The number of phosphoric ester groups is 2. The van der Waals surface area contributed by atoms with Crippen LogP contribution in [0.4, 0.5) is 0 Å². The second-order valence-corrected chi connectivity index (χ2v) is 35.4. The normalized spacial score (nSPS) is 14.1. The Balaban J connectivity index is 5.21. The van der Waals surface area contributed by atoms with Crippen LogP contribution in [0.25, 0.3) is 0 Å². The van der Waals surface area contributed by atoms with E-state index in [-0.39, 0.29) is 25.7 Å². The molecule has 106 heavy (non-hydrogen) atoms. The molecular formula is C87H170O17P2. The topological polar surface area (TPSA) is 237 Å². The molecule has 0 spiro atoms. The van der Waals surface area contributed by atoms with Crippen LogP contribution in [0.2, 0.25) is 0 Å². The summed E-state index contributed by atoms with van der Waals surface area (Å²) in [5, 5.41) is 10.7. The van der Waals surface area contributed by atoms with Gasteiger partial charge in [0, 0.05) is 25.7 Å². The highest BCUT2D eigenvalue weighted by atomic mass is 31.2. The molecule has 0 saturated carbocycles. The number of carbonyl (C=O) groups is 4. The number of esters is 4. The number of aliphatic hydroxyl groups is 1. The third-order valence-corrected chi connectivity index (χ3v) is 22.6. The molecule has 0 aliphatic rings. The number of hydrogen-bond donors (Lipinski definition) is 3. The van der Waals surface area contributed by atoms with Gasteiger partial charge in [0.2, 0.25) is 0 Å². The summed E-state index contributed by atoms with van der Waals surface area (Å²) in [5.74, 6) is 0.240. The molecule has 0 amide bonds. The third kappa shape index (κ3) is 78.7. The molecule has 0 aromatic rings. The van der Waals surface area contributed by atoms with Gasteiger partial charge >= 0.3 is 39.5 Å². The lowest BCUT2D eigenvalue weighted by atomic mass is 9.99. The molecule has 17 nitrogen and oxygen atoms in total. The minimum Gasteiger partial charge on any atom is -0.462 e. The molecule has 6 atom stereocenters. The monoisotopic (exact) mass is 1550 g/mol. The van der Waals surface area contributed by atoms with Crippen LogP contribution >= 0.6 is 15.6 Å². The average Bonchev–Trinajstić information content (AvgIpc) is 0.906. The Hall–Kier alpha value is -1.94. The van der Waals surface area contributed by atoms with E-state index >= 15 is 0 Å². The van der Waals surface area contributed by atoms with Crippen LogP contribution in [-0.2, 0) is 65.4 Å². The molecule has 19 heteroatoms. The smallest absolute Gasteiger partial charge is 0.462 e. The van der Waals surface area contributed by atoms with E-state index in [9.17, 15) is 43.2 Å². The molecule has 3 unspecified atom stereocenters. The van der Waals surface area contributed by atoms with E-state index < -0.39 is 97.5 Å². The number of phosphoric acid groups is 2. The molecule has 0 aliphatic heterocycles. The van der Waals surface area contributed by atoms with Gasteiger partial charge in [0.25, 0.3) is 0 Å². The van der Waals surface area contributed by atoms with Crippen molar-refractivity contribution in [3.63, 3.8) is 0 Å². The van der Waals surface area contributed by atoms with Gasteiger partial charge in [0.05, 0.1) is 26.4 Å². The molecule has 3 N–H and O–H groups in total. The van der Waals surface area contributed by atoms with E-state index in [0.717, 1.165) is 108 Å². The summed E-state index contributed by atoms with van der Waals surface area (Å²) in [6.45, 7) is 12.0. The van der Waals surface area contributed by atoms with Crippen molar-refractivity contribution in [2.75, 3.05) is 39.6 Å². The molecule has 0 bridgehead atoms. The van der Waals surface area contributed by atoms with E-state index in [2.05, 4.69) is 48.5 Å². The fourth-order valence-corrected chi connectivity index (χ4v) is 15.1. The highest BCUT2D eigenvalue weighted by Crippen LogP contribution is 2.45. The molecule has 630 valence electrons. The minimum absolute atomic E-state index is 0.107. The summed E-state index contributed by atoms with van der Waals surface area (Å²) in [6.07, 6.45) is 68.2. The van der Waals surface area contributed by atoms with Crippen molar-refractivity contribution in [2.24, 2.45) is 17.8 Å². The number of aliphatic hydroxyl groups excluding tert-OH is 1. The van der Waals surface area contributed by atoms with Gasteiger partial charge in [-0.05, 0) is 43.4 Å². The summed E-state index contributed by atoms with van der Waals surface area (Å²) < 4.78 is 68.9. The van der Waals surface area contributed by atoms with E-state index in [1.807, 2.05) is 0 Å². The van der Waals surface area contributed by atoms with Gasteiger partial charge < -0.3 is 33.8 Å². The van der Waals surface area contributed by atoms with Crippen LogP contribution in [-0.4, -0.2) is 96.7 Å². The van der Waals surface area contributed by atoms with E-state index in [1.54, 1.807) is 0 Å². The first-order valence-corrected chi connectivity index (χ1v) is 47.9. The maximum atomic E-state index is 13.2. The lowest BCUT2D eigenvalue weighted by molar-refractivity contribution is -0.161. The Labute approximate surface area is 651 Å². The predicted molar refractivity (Wildman–Crippen MR) is 437 cm³/mol. The van der Waals surface area contributed by atoms with Crippen molar-refractivity contribution in [1.29, 1.82) is 0 Å². The second-order valence-electron chi connectivity index (χ2n) is 32.5. The van der Waals surface area contributed by atoms with Crippen molar-refractivity contribution in [1.82, 2.24) is 0 Å². The number of hydrogen-bond acceptors (Lipinski definition) is 15. The quantitative estimate of drug-likeness (QED) is 0.0222. The second kappa shape index (κ2) is 77.0. The minimum atomic E-state index is -4.97. The average molecular weight is 1550 g/mol. The highest BCUT2D eigenvalue weighted by molar-refractivity contribution is 7.47. The van der Waals surface area contributed by atoms with Crippen molar-refractivity contribution >= 4 is 39.5 Å². The summed E-state index contributed by atoms with van der Waals surface area (Å²) in [6, 6.07) is 0. The number of unbranched alkanes of at least 4 members (excludes halogenated alkanes) is 52. The van der Waals surface area contributed by atoms with Gasteiger partial charge in [-0.15, -0.1) is 0 Å². The van der Waals surface area contributed by atoms with Gasteiger partial charge in [0.15, 0.2) is 12.2 Å². The standard InChI is InChI=1S/C87H170O17P2/c1-8-10-11-12-13-14-15-16-17-18-22-25-31-36-41-46-54-61-68-84(89)97-74-82(103-86(91)70-63-56-47-42-37-32-26-23-20-19-21-24-30-35-40-45-53-60-67-80(7)9-2)76-101-105(93,94)99-72-81(88)73-100-106(95,96)102-77-83(75-98-85(90)69-62-55-50-49-52-59-66-79(5)6)104-87(92)71-64-57-48-43-38-33-28-27-29-34-39-44-51-58-65-78(3)4/h78-83,88H,8-77H2,1-7H3,(H,93,94)(H,95,96)/t80?,81-,82-,83-/m1/s1. The third-order valence-electron chi connectivity index (χ3n) is 20.7. The molecule has 0 radical (unpaired) electrons. The molecule has 0 fully saturated rings. The molecule has 0 saturated heterocycles. The summed E-state index contributed by atoms with van der Waals surface area (Å²) in [4.78, 5) is 73.2. The van der Waals surface area contributed by atoms with E-state index in [0.29, 0.717) is 31.6 Å². The van der Waals surface area contributed by atoms with E-state index in [1.165, 1.54) is 263 Å². The van der Waals surface area contributed by atoms with Crippen molar-refractivity contribution in [3.8, 4) is 0 Å². The predicted octanol–water partition coefficient (Wildman–Crippen LogP) is 26.5. The summed E-state index contributed by atoms with van der Waals surface area (Å²) >= 11 is 0. The number of carbonyl (C=O) groups excluding carboxylic acids is 4. The Morgan fingerprint density at radius 3 is 0.717 bits per heavy atom. The molecular weight excluding hydrogens is 1380 g/mol. The molecule has 0 rings (SSSR count). The van der Waals surface area contributed by atoms with Crippen LogP contribution in [0.1, 0.15) is 459 Å². The van der Waals surface area contributed by atoms with Crippen molar-refractivity contribution in [2.45, 2.75) is 478 Å². The van der Waals surface area contributed by atoms with Crippen LogP contribution in [0.5, 0.6) is 0 Å². The van der Waals surface area contributed by atoms with Gasteiger partial charge in [-0.3, -0.25) is 37.3 Å². The number of ether oxygens (including phenoxy) is 4. The Kier molecular flexibility index (Phi) is 75.6. The van der Waals surface area contributed by atoms with Gasteiger partial charge in [-0.2, -0.15) is 0 Å². The van der Waals surface area contributed by atoms with Crippen molar-refractivity contribution in [3.05, 3.63) is 0 Å². The maximum absolute atomic E-state index is 13.2. The van der Waals surface area contributed by atoms with E-state index in [4.69, 9.17) is 37.0 Å². The number of rotatable bonds is 85.